The molecule has 2 aromatic rings. The van der Waals surface area contributed by atoms with Gasteiger partial charge in [0.05, 0.1) is 12.2 Å². The Morgan fingerprint density at radius 2 is 1.61 bits per heavy atom. The highest BCUT2D eigenvalue weighted by atomic mass is 19.1. The molecule has 0 saturated carbocycles. The summed E-state index contributed by atoms with van der Waals surface area (Å²) in [5.74, 6) is -1.41. The van der Waals surface area contributed by atoms with Gasteiger partial charge in [-0.25, -0.2) is 14.0 Å². The molecule has 0 fully saturated rings. The molecule has 1 unspecified atom stereocenters. The number of hydrogen-bond donors (Lipinski definition) is 3. The normalized spacial score (nSPS) is 18.8. The number of dihydropyridines is 1. The number of urea groups is 1. The number of anilines is 2. The first-order valence-electron chi connectivity index (χ1n) is 11.9. The number of ketones is 1. The second kappa shape index (κ2) is 9.97. The predicted molar refractivity (Wildman–Crippen MR) is 136 cm³/mol. The number of allylic oxidation sites excluding steroid dienone is 3. The number of ether oxygens (including phenoxy) is 1. The minimum Gasteiger partial charge on any atom is -0.463 e. The molecule has 1 heterocycles. The molecule has 1 atom stereocenters. The van der Waals surface area contributed by atoms with Crippen molar-refractivity contribution in [1.82, 2.24) is 5.32 Å². The minimum absolute atomic E-state index is 0.00826. The van der Waals surface area contributed by atoms with E-state index in [4.69, 9.17) is 4.74 Å². The highest BCUT2D eigenvalue weighted by Crippen LogP contribution is 2.46. The molecule has 2 aliphatic rings. The predicted octanol–water partition coefficient (Wildman–Crippen LogP) is 5.64. The number of Topliss-reactive ketones (excluding diaryl/α,β-unsaturated/α-hetero) is 1. The summed E-state index contributed by atoms with van der Waals surface area (Å²) in [5, 5.41) is 8.68. The Morgan fingerprint density at radius 3 is 2.19 bits per heavy atom. The van der Waals surface area contributed by atoms with Crippen molar-refractivity contribution in [3.05, 3.63) is 82.5 Å². The number of rotatable bonds is 5. The minimum atomic E-state index is -0.564. The summed E-state index contributed by atoms with van der Waals surface area (Å²) in [6.07, 6.45) is 1.09. The summed E-state index contributed by atoms with van der Waals surface area (Å²) >= 11 is 0. The van der Waals surface area contributed by atoms with E-state index in [1.165, 1.54) is 24.3 Å². The van der Waals surface area contributed by atoms with Crippen LogP contribution in [0.3, 0.4) is 0 Å². The average Bonchev–Trinajstić information content (AvgIpc) is 2.79. The lowest BCUT2D eigenvalue weighted by molar-refractivity contribution is -0.138. The van der Waals surface area contributed by atoms with Crippen molar-refractivity contribution in [2.24, 2.45) is 5.41 Å². The molecule has 1 aliphatic heterocycles. The molecule has 0 bridgehead atoms. The van der Waals surface area contributed by atoms with E-state index >= 15 is 0 Å². The molecule has 1 aliphatic carbocycles. The second-order valence-electron chi connectivity index (χ2n) is 9.86. The Labute approximate surface area is 209 Å². The number of carbonyl (C=O) groups is 3. The van der Waals surface area contributed by atoms with Gasteiger partial charge in [0, 0.05) is 40.7 Å². The average molecular weight is 492 g/mol. The third kappa shape index (κ3) is 5.32. The standard InChI is InChI=1S/C28H30FN3O4/c1-5-36-26(34)23-16(2)30-21-14-28(3,4)15-22(33)25(21)24(23)17-6-10-19(11-7-17)31-27(35)32-20-12-8-18(29)9-13-20/h6-13,24,30H,5,14-15H2,1-4H3,(H2,31,32,35). The highest BCUT2D eigenvalue weighted by molar-refractivity contribution is 6.04. The van der Waals surface area contributed by atoms with Crippen molar-refractivity contribution >= 4 is 29.2 Å². The Kier molecular flexibility index (Phi) is 6.97. The number of hydrogen-bond acceptors (Lipinski definition) is 5. The molecule has 188 valence electrons. The maximum absolute atomic E-state index is 13.3. The quantitative estimate of drug-likeness (QED) is 0.471. The Bertz CT molecular complexity index is 1260. The van der Waals surface area contributed by atoms with Gasteiger partial charge >= 0.3 is 12.0 Å². The highest BCUT2D eigenvalue weighted by Gasteiger charge is 2.43. The van der Waals surface area contributed by atoms with Gasteiger partial charge in [-0.2, -0.15) is 0 Å². The molecule has 0 spiro atoms. The first-order chi connectivity index (χ1) is 17.1. The lowest BCUT2D eigenvalue weighted by Crippen LogP contribution is -2.38. The van der Waals surface area contributed by atoms with Crippen molar-refractivity contribution in [2.45, 2.75) is 46.5 Å². The van der Waals surface area contributed by atoms with Crippen molar-refractivity contribution in [3.63, 3.8) is 0 Å². The SMILES string of the molecule is CCOC(=O)C1=C(C)NC2=C(C(=O)CC(C)(C)C2)C1c1ccc(NC(=O)Nc2ccc(F)cc2)cc1. The monoisotopic (exact) mass is 491 g/mol. The molecular formula is C28H30FN3O4. The first-order valence-corrected chi connectivity index (χ1v) is 11.9. The van der Waals surface area contributed by atoms with Crippen LogP contribution in [0.5, 0.6) is 0 Å². The number of halogens is 1. The van der Waals surface area contributed by atoms with Gasteiger partial charge in [0.1, 0.15) is 5.82 Å². The van der Waals surface area contributed by atoms with E-state index in [9.17, 15) is 18.8 Å². The molecule has 0 saturated heterocycles. The van der Waals surface area contributed by atoms with E-state index in [-0.39, 0.29) is 23.6 Å². The van der Waals surface area contributed by atoms with Gasteiger partial charge in [0.2, 0.25) is 0 Å². The van der Waals surface area contributed by atoms with E-state index in [0.29, 0.717) is 41.1 Å². The van der Waals surface area contributed by atoms with Crippen LogP contribution in [-0.4, -0.2) is 24.4 Å². The number of esters is 1. The van der Waals surface area contributed by atoms with Crippen molar-refractivity contribution in [2.75, 3.05) is 17.2 Å². The van der Waals surface area contributed by atoms with E-state index in [0.717, 1.165) is 11.3 Å². The summed E-state index contributed by atoms with van der Waals surface area (Å²) in [5.41, 5.74) is 4.08. The summed E-state index contributed by atoms with van der Waals surface area (Å²) in [6, 6.07) is 12.0. The number of carbonyl (C=O) groups excluding carboxylic acids is 3. The van der Waals surface area contributed by atoms with Crippen LogP contribution in [-0.2, 0) is 14.3 Å². The van der Waals surface area contributed by atoms with Gasteiger partial charge in [-0.15, -0.1) is 0 Å². The zero-order valence-corrected chi connectivity index (χ0v) is 20.8. The molecule has 7 nitrogen and oxygen atoms in total. The summed E-state index contributed by atoms with van der Waals surface area (Å²) in [7, 11) is 0. The first kappa shape index (κ1) is 25.2. The molecule has 4 rings (SSSR count). The van der Waals surface area contributed by atoms with Crippen molar-refractivity contribution in [1.29, 1.82) is 0 Å². The Hall–Kier alpha value is -3.94. The van der Waals surface area contributed by atoms with E-state index in [1.54, 1.807) is 31.2 Å². The van der Waals surface area contributed by atoms with E-state index in [2.05, 4.69) is 29.8 Å². The third-order valence-corrected chi connectivity index (χ3v) is 6.34. The van der Waals surface area contributed by atoms with Crippen molar-refractivity contribution in [3.8, 4) is 0 Å². The fourth-order valence-corrected chi connectivity index (χ4v) is 4.83. The van der Waals surface area contributed by atoms with Gasteiger partial charge < -0.3 is 20.7 Å². The number of amides is 2. The maximum Gasteiger partial charge on any atom is 0.336 e. The van der Waals surface area contributed by atoms with Crippen LogP contribution < -0.4 is 16.0 Å². The van der Waals surface area contributed by atoms with Gasteiger partial charge in [0.25, 0.3) is 0 Å². The topological polar surface area (TPSA) is 96.5 Å². The lowest BCUT2D eigenvalue weighted by atomic mass is 9.68. The number of nitrogens with one attached hydrogen (secondary N) is 3. The van der Waals surface area contributed by atoms with Crippen molar-refractivity contribution < 1.29 is 23.5 Å². The molecule has 36 heavy (non-hydrogen) atoms. The van der Waals surface area contributed by atoms with Crippen LogP contribution in [0.4, 0.5) is 20.6 Å². The van der Waals surface area contributed by atoms with Crippen LogP contribution in [0.25, 0.3) is 0 Å². The van der Waals surface area contributed by atoms with Crippen LogP contribution in [0.15, 0.2) is 71.1 Å². The van der Waals surface area contributed by atoms with Crippen LogP contribution in [0, 0.1) is 11.2 Å². The van der Waals surface area contributed by atoms with Crippen LogP contribution in [0.2, 0.25) is 0 Å². The van der Waals surface area contributed by atoms with E-state index in [1.807, 2.05) is 6.92 Å². The largest absolute Gasteiger partial charge is 0.463 e. The third-order valence-electron chi connectivity index (χ3n) is 6.34. The molecule has 8 heteroatoms. The van der Waals surface area contributed by atoms with Gasteiger partial charge in [0.15, 0.2) is 5.78 Å². The zero-order valence-electron chi connectivity index (χ0n) is 20.8. The Balaban J connectivity index is 1.62. The summed E-state index contributed by atoms with van der Waals surface area (Å²) in [4.78, 5) is 38.6. The van der Waals surface area contributed by atoms with E-state index < -0.39 is 17.9 Å². The summed E-state index contributed by atoms with van der Waals surface area (Å²) in [6.45, 7) is 7.91. The molecule has 2 aromatic carbocycles. The van der Waals surface area contributed by atoms with Crippen LogP contribution >= 0.6 is 0 Å². The molecular weight excluding hydrogens is 461 g/mol. The molecule has 2 amide bonds. The molecule has 3 N–H and O–H groups in total. The molecule has 0 radical (unpaired) electrons. The maximum atomic E-state index is 13.3. The fraction of sp³-hybridized carbons (Fsp3) is 0.321. The molecule has 0 aromatic heterocycles. The number of benzene rings is 2. The second-order valence-corrected chi connectivity index (χ2v) is 9.86. The van der Waals surface area contributed by atoms with Gasteiger partial charge in [-0.3, -0.25) is 4.79 Å². The zero-order chi connectivity index (χ0) is 26.0. The van der Waals surface area contributed by atoms with Crippen LogP contribution in [0.1, 0.15) is 52.0 Å². The summed E-state index contributed by atoms with van der Waals surface area (Å²) < 4.78 is 18.4. The van der Waals surface area contributed by atoms with Gasteiger partial charge in [-0.05, 0) is 67.6 Å². The smallest absolute Gasteiger partial charge is 0.336 e. The van der Waals surface area contributed by atoms with Gasteiger partial charge in [-0.1, -0.05) is 26.0 Å². The Morgan fingerprint density at radius 1 is 1.03 bits per heavy atom. The lowest BCUT2D eigenvalue weighted by Gasteiger charge is -2.39. The fourth-order valence-electron chi connectivity index (χ4n) is 4.83.